The van der Waals surface area contributed by atoms with Crippen LogP contribution < -0.4 is 5.32 Å². The molecular formula is C18H28N4O8. The Balaban J connectivity index is 1.72. The van der Waals surface area contributed by atoms with Crippen molar-refractivity contribution in [2.45, 2.75) is 50.0 Å². The van der Waals surface area contributed by atoms with E-state index in [1.807, 2.05) is 0 Å². The molecule has 0 unspecified atom stereocenters. The zero-order chi connectivity index (χ0) is 22.3. The molecular weight excluding hydrogens is 400 g/mol. The molecule has 1 heterocycles. The number of aliphatic hydroxyl groups is 4. The van der Waals surface area contributed by atoms with Crippen LogP contribution in [0.3, 0.4) is 0 Å². The number of hydrogen-bond donors (Lipinski definition) is 5. The normalized spacial score (nSPS) is 24.5. The van der Waals surface area contributed by atoms with Crippen LogP contribution in [0.25, 0.3) is 0 Å². The summed E-state index contributed by atoms with van der Waals surface area (Å²) in [5.41, 5.74) is -0.455. The van der Waals surface area contributed by atoms with Gasteiger partial charge in [0.05, 0.1) is 34.7 Å². The number of benzene rings is 1. The van der Waals surface area contributed by atoms with Crippen LogP contribution in [0.2, 0.25) is 0 Å². The predicted octanol–water partition coefficient (Wildman–Crippen LogP) is 0.234. The Morgan fingerprint density at radius 3 is 2.37 bits per heavy atom. The van der Waals surface area contributed by atoms with Gasteiger partial charge in [-0.2, -0.15) is 0 Å². The van der Waals surface area contributed by atoms with Gasteiger partial charge in [-0.15, -0.1) is 0 Å². The number of unbranched alkanes of at least 4 members (excludes halogenated alkanes) is 3. The lowest BCUT2D eigenvalue weighted by atomic mass is 9.94. The van der Waals surface area contributed by atoms with Crippen molar-refractivity contribution >= 4 is 17.1 Å². The van der Waals surface area contributed by atoms with E-state index in [0.29, 0.717) is 13.1 Å². The van der Waals surface area contributed by atoms with Crippen molar-refractivity contribution in [3.8, 4) is 0 Å². The van der Waals surface area contributed by atoms with Gasteiger partial charge in [-0.1, -0.05) is 12.8 Å². The zero-order valence-corrected chi connectivity index (χ0v) is 16.5. The van der Waals surface area contributed by atoms with Crippen molar-refractivity contribution in [1.29, 1.82) is 0 Å². The maximum absolute atomic E-state index is 11.1. The van der Waals surface area contributed by atoms with E-state index >= 15 is 0 Å². The topological polar surface area (TPSA) is 182 Å². The second-order valence-corrected chi connectivity index (χ2v) is 7.35. The molecule has 0 aromatic heterocycles. The standard InChI is InChI=1S/C18H28N4O8/c23-11-15-17(25)18(26)16(24)10-20(15)8-4-2-1-3-7-19-13-6-5-12(21(27)28)9-14(13)22(29)30/h5-6,9,15-19,23-26H,1-4,7-8,10-11H2/t15-,16+,17-,18-/m1/s1. The van der Waals surface area contributed by atoms with Crippen LogP contribution in [0.1, 0.15) is 25.7 Å². The number of anilines is 1. The van der Waals surface area contributed by atoms with Gasteiger partial charge in [-0.05, 0) is 25.5 Å². The van der Waals surface area contributed by atoms with Gasteiger partial charge in [0.15, 0.2) is 0 Å². The Hall–Kier alpha value is -2.38. The van der Waals surface area contributed by atoms with Crippen LogP contribution in [0.15, 0.2) is 18.2 Å². The molecule has 0 saturated carbocycles. The molecule has 1 aliphatic rings. The van der Waals surface area contributed by atoms with Gasteiger partial charge in [0.25, 0.3) is 11.4 Å². The van der Waals surface area contributed by atoms with Gasteiger partial charge in [0.1, 0.15) is 17.9 Å². The average molecular weight is 428 g/mol. The first-order chi connectivity index (χ1) is 14.3. The molecule has 0 spiro atoms. The van der Waals surface area contributed by atoms with Crippen molar-refractivity contribution in [3.63, 3.8) is 0 Å². The van der Waals surface area contributed by atoms with Crippen LogP contribution in [0.4, 0.5) is 17.1 Å². The summed E-state index contributed by atoms with van der Waals surface area (Å²) in [7, 11) is 0. The van der Waals surface area contributed by atoms with Gasteiger partial charge >= 0.3 is 0 Å². The number of piperidine rings is 1. The van der Waals surface area contributed by atoms with Crippen molar-refractivity contribution in [2.75, 3.05) is 31.6 Å². The highest BCUT2D eigenvalue weighted by Crippen LogP contribution is 2.29. The van der Waals surface area contributed by atoms with Gasteiger partial charge in [-0.3, -0.25) is 25.1 Å². The molecule has 0 aliphatic carbocycles. The fourth-order valence-corrected chi connectivity index (χ4v) is 3.59. The van der Waals surface area contributed by atoms with E-state index < -0.39 is 34.2 Å². The predicted molar refractivity (Wildman–Crippen MR) is 107 cm³/mol. The van der Waals surface area contributed by atoms with E-state index in [0.717, 1.165) is 31.7 Å². The summed E-state index contributed by atoms with van der Waals surface area (Å²) in [6.07, 6.45) is -0.421. The van der Waals surface area contributed by atoms with Gasteiger partial charge in [0, 0.05) is 19.2 Å². The number of aliphatic hydroxyl groups excluding tert-OH is 4. The molecule has 30 heavy (non-hydrogen) atoms. The summed E-state index contributed by atoms with van der Waals surface area (Å²) in [4.78, 5) is 22.3. The maximum atomic E-state index is 11.1. The lowest BCUT2D eigenvalue weighted by Gasteiger charge is -2.43. The molecule has 1 aliphatic heterocycles. The van der Waals surface area contributed by atoms with E-state index in [2.05, 4.69) is 5.32 Å². The molecule has 168 valence electrons. The second kappa shape index (κ2) is 11.1. The first-order valence-corrected chi connectivity index (χ1v) is 9.82. The van der Waals surface area contributed by atoms with Crippen molar-refractivity contribution < 1.29 is 30.3 Å². The SMILES string of the molecule is O=[N+]([O-])c1ccc(NCCCCCCN2C[C@H](O)[C@@H](O)[C@H](O)[C@H]2CO)c([N+](=O)[O-])c1. The summed E-state index contributed by atoms with van der Waals surface area (Å²) < 4.78 is 0. The van der Waals surface area contributed by atoms with E-state index in [-0.39, 0.29) is 30.2 Å². The number of nitrogens with one attached hydrogen (secondary N) is 1. The number of hydrogen-bond acceptors (Lipinski definition) is 10. The first-order valence-electron chi connectivity index (χ1n) is 9.82. The summed E-state index contributed by atoms with van der Waals surface area (Å²) in [6.45, 7) is 0.871. The summed E-state index contributed by atoms with van der Waals surface area (Å²) in [6, 6.07) is 2.85. The summed E-state index contributed by atoms with van der Waals surface area (Å²) >= 11 is 0. The number of nitro benzene ring substituents is 2. The molecule has 0 bridgehead atoms. The summed E-state index contributed by atoms with van der Waals surface area (Å²) in [5, 5.41) is 63.7. The van der Waals surface area contributed by atoms with Crippen molar-refractivity contribution in [1.82, 2.24) is 4.90 Å². The minimum atomic E-state index is -1.27. The Morgan fingerprint density at radius 1 is 1.03 bits per heavy atom. The summed E-state index contributed by atoms with van der Waals surface area (Å²) in [5.74, 6) is 0. The Kier molecular flexibility index (Phi) is 8.87. The lowest BCUT2D eigenvalue weighted by Crippen LogP contribution is -2.62. The van der Waals surface area contributed by atoms with Crippen molar-refractivity contribution in [3.05, 3.63) is 38.4 Å². The molecule has 0 amide bonds. The Bertz CT molecular complexity index is 734. The lowest BCUT2D eigenvalue weighted by molar-refractivity contribution is -0.393. The molecule has 1 saturated heterocycles. The van der Waals surface area contributed by atoms with Crippen LogP contribution in [-0.2, 0) is 0 Å². The van der Waals surface area contributed by atoms with E-state index in [9.17, 15) is 40.7 Å². The molecule has 2 rings (SSSR count). The van der Waals surface area contributed by atoms with Gasteiger partial charge < -0.3 is 25.7 Å². The van der Waals surface area contributed by atoms with Crippen LogP contribution in [-0.4, -0.2) is 85.8 Å². The van der Waals surface area contributed by atoms with Crippen molar-refractivity contribution in [2.24, 2.45) is 0 Å². The fourth-order valence-electron chi connectivity index (χ4n) is 3.59. The molecule has 4 atom stereocenters. The third-order valence-corrected chi connectivity index (χ3v) is 5.29. The number of nitrogens with zero attached hydrogens (tertiary/aromatic N) is 3. The number of likely N-dealkylation sites (tertiary alicyclic amines) is 1. The van der Waals surface area contributed by atoms with E-state index in [4.69, 9.17) is 0 Å². The van der Waals surface area contributed by atoms with Gasteiger partial charge in [-0.25, -0.2) is 0 Å². The number of rotatable bonds is 11. The molecule has 12 nitrogen and oxygen atoms in total. The van der Waals surface area contributed by atoms with Crippen LogP contribution in [0.5, 0.6) is 0 Å². The number of non-ortho nitro benzene ring substituents is 1. The van der Waals surface area contributed by atoms with Crippen LogP contribution in [0, 0.1) is 20.2 Å². The average Bonchev–Trinajstić information content (AvgIpc) is 2.71. The zero-order valence-electron chi connectivity index (χ0n) is 16.5. The minimum absolute atomic E-state index is 0.175. The monoisotopic (exact) mass is 428 g/mol. The smallest absolute Gasteiger partial charge is 0.299 e. The van der Waals surface area contributed by atoms with Gasteiger partial charge in [0.2, 0.25) is 0 Å². The molecule has 1 aromatic carbocycles. The first kappa shape index (κ1) is 23.9. The Morgan fingerprint density at radius 2 is 1.73 bits per heavy atom. The molecule has 0 radical (unpaired) electrons. The molecule has 1 aromatic rings. The highest BCUT2D eigenvalue weighted by atomic mass is 16.6. The Labute approximate surface area is 173 Å². The number of nitro groups is 2. The maximum Gasteiger partial charge on any atom is 0.299 e. The third-order valence-electron chi connectivity index (χ3n) is 5.29. The largest absolute Gasteiger partial charge is 0.395 e. The quantitative estimate of drug-likeness (QED) is 0.186. The number of β-amino-alcohol motifs (C(OH)–C–C–N with tert-alkyl or cyclic N) is 1. The second-order valence-electron chi connectivity index (χ2n) is 7.35. The van der Waals surface area contributed by atoms with E-state index in [1.165, 1.54) is 12.1 Å². The van der Waals surface area contributed by atoms with Crippen LogP contribution >= 0.6 is 0 Å². The fraction of sp³-hybridized carbons (Fsp3) is 0.667. The van der Waals surface area contributed by atoms with E-state index in [1.54, 1.807) is 4.90 Å². The minimum Gasteiger partial charge on any atom is -0.395 e. The highest BCUT2D eigenvalue weighted by molar-refractivity contribution is 5.65. The molecule has 12 heteroatoms. The molecule has 1 fully saturated rings. The highest BCUT2D eigenvalue weighted by Gasteiger charge is 2.40. The third kappa shape index (κ3) is 6.06. The molecule has 5 N–H and O–H groups in total.